The smallest absolute Gasteiger partial charge is 0.258 e. The molecule has 0 saturated heterocycles. The van der Waals surface area contributed by atoms with E-state index >= 15 is 0 Å². The first-order valence-electron chi connectivity index (χ1n) is 6.62. The van der Waals surface area contributed by atoms with E-state index in [0.717, 1.165) is 5.56 Å². The van der Waals surface area contributed by atoms with E-state index in [0.29, 0.717) is 23.7 Å². The molecule has 7 heteroatoms. The van der Waals surface area contributed by atoms with E-state index in [2.05, 4.69) is 15.5 Å². The topological polar surface area (TPSA) is 85.1 Å². The minimum Gasteiger partial charge on any atom is -0.334 e. The van der Waals surface area contributed by atoms with E-state index < -0.39 is 9.84 Å². The zero-order chi connectivity index (χ0) is 15.6. The summed E-state index contributed by atoms with van der Waals surface area (Å²) in [4.78, 5) is 4.58. The molecule has 0 bridgehead atoms. The highest BCUT2D eigenvalue weighted by Gasteiger charge is 2.16. The molecule has 0 aliphatic rings. The largest absolute Gasteiger partial charge is 0.334 e. The average Bonchev–Trinajstić information content (AvgIpc) is 2.86. The molecule has 0 fully saturated rings. The molecule has 2 rings (SSSR count). The van der Waals surface area contributed by atoms with Crippen molar-refractivity contribution in [2.45, 2.75) is 31.2 Å². The van der Waals surface area contributed by atoms with Crippen LogP contribution in [0.5, 0.6) is 0 Å². The predicted octanol–water partition coefficient (Wildman–Crippen LogP) is 1.60. The van der Waals surface area contributed by atoms with E-state index in [1.54, 1.807) is 18.2 Å². The van der Waals surface area contributed by atoms with Crippen LogP contribution in [-0.2, 0) is 16.3 Å². The quantitative estimate of drug-likeness (QED) is 0.903. The van der Waals surface area contributed by atoms with E-state index in [-0.39, 0.29) is 10.9 Å². The number of nitrogens with zero attached hydrogens (tertiary/aromatic N) is 2. The molecule has 1 atom stereocenters. The van der Waals surface area contributed by atoms with Crippen LogP contribution in [0.4, 0.5) is 0 Å². The molecule has 0 aliphatic carbocycles. The zero-order valence-corrected chi connectivity index (χ0v) is 13.4. The van der Waals surface area contributed by atoms with Crippen molar-refractivity contribution in [2.75, 3.05) is 13.3 Å². The summed E-state index contributed by atoms with van der Waals surface area (Å²) in [7, 11) is -1.40. The van der Waals surface area contributed by atoms with Crippen LogP contribution in [0.1, 0.15) is 18.3 Å². The van der Waals surface area contributed by atoms with Crippen molar-refractivity contribution in [2.24, 2.45) is 0 Å². The molecule has 21 heavy (non-hydrogen) atoms. The molecule has 1 N–H and O–H groups in total. The van der Waals surface area contributed by atoms with Crippen LogP contribution in [0.2, 0.25) is 0 Å². The van der Waals surface area contributed by atoms with E-state index in [9.17, 15) is 8.42 Å². The Kier molecular flexibility index (Phi) is 4.43. The Labute approximate surface area is 124 Å². The monoisotopic (exact) mass is 309 g/mol. The summed E-state index contributed by atoms with van der Waals surface area (Å²) in [6.07, 6.45) is 1.82. The van der Waals surface area contributed by atoms with Gasteiger partial charge in [0.15, 0.2) is 15.7 Å². The lowest BCUT2D eigenvalue weighted by atomic mass is 10.1. The first-order valence-corrected chi connectivity index (χ1v) is 8.51. The summed E-state index contributed by atoms with van der Waals surface area (Å²) < 4.78 is 28.5. The van der Waals surface area contributed by atoms with Gasteiger partial charge in [-0.1, -0.05) is 11.2 Å². The number of aromatic nitrogens is 2. The number of aryl methyl sites for hydroxylation is 1. The number of nitrogens with one attached hydrogen (secondary N) is 1. The van der Waals surface area contributed by atoms with Crippen LogP contribution in [0.15, 0.2) is 27.6 Å². The molecule has 6 nitrogen and oxygen atoms in total. The molecule has 1 aromatic heterocycles. The Bertz CT molecular complexity index is 738. The van der Waals surface area contributed by atoms with Crippen LogP contribution < -0.4 is 5.32 Å². The molecule has 1 unspecified atom stereocenters. The number of hydrogen-bond acceptors (Lipinski definition) is 6. The third-order valence-corrected chi connectivity index (χ3v) is 4.43. The molecule has 1 aromatic carbocycles. The number of hydrogen-bond donors (Lipinski definition) is 1. The van der Waals surface area contributed by atoms with Crippen LogP contribution in [0, 0.1) is 6.92 Å². The van der Waals surface area contributed by atoms with Crippen molar-refractivity contribution < 1.29 is 12.9 Å². The van der Waals surface area contributed by atoms with Crippen LogP contribution in [0.3, 0.4) is 0 Å². The van der Waals surface area contributed by atoms with Gasteiger partial charge in [-0.2, -0.15) is 4.98 Å². The van der Waals surface area contributed by atoms with Crippen molar-refractivity contribution in [3.05, 3.63) is 29.6 Å². The molecule has 0 amide bonds. The number of benzene rings is 1. The number of rotatable bonds is 5. The number of sulfone groups is 1. The van der Waals surface area contributed by atoms with Crippen molar-refractivity contribution in [3.63, 3.8) is 0 Å². The third-order valence-electron chi connectivity index (χ3n) is 3.32. The summed E-state index contributed by atoms with van der Waals surface area (Å²) in [5, 5.41) is 7.04. The highest BCUT2D eigenvalue weighted by molar-refractivity contribution is 7.90. The van der Waals surface area contributed by atoms with Gasteiger partial charge < -0.3 is 9.84 Å². The van der Waals surface area contributed by atoms with Gasteiger partial charge >= 0.3 is 0 Å². The second-order valence-corrected chi connectivity index (χ2v) is 7.17. The van der Waals surface area contributed by atoms with Gasteiger partial charge in [0.05, 0.1) is 4.90 Å². The lowest BCUT2D eigenvalue weighted by molar-refractivity contribution is 0.418. The highest BCUT2D eigenvalue weighted by atomic mass is 32.2. The second kappa shape index (κ2) is 5.95. The van der Waals surface area contributed by atoms with Crippen LogP contribution in [-0.4, -0.2) is 37.9 Å². The minimum absolute atomic E-state index is 0.235. The SMILES string of the molecule is CNC(C)Cc1noc(-c2cc(S(C)(=O)=O)ccc2C)n1. The maximum Gasteiger partial charge on any atom is 0.258 e. The molecular formula is C14H19N3O3S. The normalized spacial score (nSPS) is 13.3. The highest BCUT2D eigenvalue weighted by Crippen LogP contribution is 2.25. The van der Waals surface area contributed by atoms with Gasteiger partial charge in [0.25, 0.3) is 5.89 Å². The summed E-state index contributed by atoms with van der Waals surface area (Å²) >= 11 is 0. The fraction of sp³-hybridized carbons (Fsp3) is 0.429. The predicted molar refractivity (Wildman–Crippen MR) is 79.8 cm³/mol. The summed E-state index contributed by atoms with van der Waals surface area (Å²) in [6, 6.07) is 5.13. The van der Waals surface area contributed by atoms with Crippen molar-refractivity contribution in [3.8, 4) is 11.5 Å². The maximum absolute atomic E-state index is 11.6. The average molecular weight is 309 g/mol. The lowest BCUT2D eigenvalue weighted by Crippen LogP contribution is -2.24. The number of likely N-dealkylation sites (N-methyl/N-ethyl adjacent to an activating group) is 1. The van der Waals surface area contributed by atoms with Crippen LogP contribution >= 0.6 is 0 Å². The van der Waals surface area contributed by atoms with Gasteiger partial charge in [0.1, 0.15) is 0 Å². The third kappa shape index (κ3) is 3.68. The standard InChI is InChI=1S/C14H19N3O3S/c1-9-5-6-11(21(4,18)19)8-12(9)14-16-13(17-20-14)7-10(2)15-3/h5-6,8,10,15H,7H2,1-4H3. The Morgan fingerprint density at radius 2 is 2.10 bits per heavy atom. The molecule has 114 valence electrons. The van der Waals surface area contributed by atoms with Gasteiger partial charge in [-0.15, -0.1) is 0 Å². The molecule has 0 aliphatic heterocycles. The summed E-state index contributed by atoms with van der Waals surface area (Å²) in [5.74, 6) is 0.937. The fourth-order valence-corrected chi connectivity index (χ4v) is 2.53. The van der Waals surface area contributed by atoms with E-state index in [4.69, 9.17) is 4.52 Å². The van der Waals surface area contributed by atoms with Crippen molar-refractivity contribution >= 4 is 9.84 Å². The van der Waals surface area contributed by atoms with Gasteiger partial charge in [-0.25, -0.2) is 8.42 Å². The maximum atomic E-state index is 11.6. The molecule has 1 heterocycles. The molecule has 0 radical (unpaired) electrons. The van der Waals surface area contributed by atoms with Gasteiger partial charge in [0.2, 0.25) is 0 Å². The lowest BCUT2D eigenvalue weighted by Gasteiger charge is -2.05. The molecule has 0 spiro atoms. The van der Waals surface area contributed by atoms with Crippen molar-refractivity contribution in [1.29, 1.82) is 0 Å². The molecule has 0 saturated carbocycles. The molecular weight excluding hydrogens is 290 g/mol. The Morgan fingerprint density at radius 3 is 2.71 bits per heavy atom. The Morgan fingerprint density at radius 1 is 1.38 bits per heavy atom. The van der Waals surface area contributed by atoms with Crippen molar-refractivity contribution in [1.82, 2.24) is 15.5 Å². The Hall–Kier alpha value is -1.73. The first-order chi connectivity index (χ1) is 9.81. The van der Waals surface area contributed by atoms with Gasteiger partial charge in [-0.05, 0) is 38.6 Å². The first kappa shape index (κ1) is 15.7. The minimum atomic E-state index is -3.27. The Balaban J connectivity index is 2.38. The van der Waals surface area contributed by atoms with Crippen LogP contribution in [0.25, 0.3) is 11.5 Å². The van der Waals surface area contributed by atoms with E-state index in [1.165, 1.54) is 6.26 Å². The van der Waals surface area contributed by atoms with E-state index in [1.807, 2.05) is 20.9 Å². The fourth-order valence-electron chi connectivity index (χ4n) is 1.88. The summed E-state index contributed by atoms with van der Waals surface area (Å²) in [6.45, 7) is 3.90. The van der Waals surface area contributed by atoms with Gasteiger partial charge in [0, 0.05) is 24.3 Å². The summed E-state index contributed by atoms with van der Waals surface area (Å²) in [5.41, 5.74) is 1.54. The second-order valence-electron chi connectivity index (χ2n) is 5.16. The van der Waals surface area contributed by atoms with Gasteiger partial charge in [-0.3, -0.25) is 0 Å². The zero-order valence-electron chi connectivity index (χ0n) is 12.5. The molecule has 2 aromatic rings.